The molecule has 0 bridgehead atoms. The van der Waals surface area contributed by atoms with Crippen LogP contribution in [0.3, 0.4) is 0 Å². The van der Waals surface area contributed by atoms with Crippen LogP contribution in [0.5, 0.6) is 0 Å². The highest BCUT2D eigenvalue weighted by atomic mass is 16.3. The maximum Gasteiger partial charge on any atom is 0.182 e. The van der Waals surface area contributed by atoms with Gasteiger partial charge in [-0.05, 0) is 37.4 Å². The summed E-state index contributed by atoms with van der Waals surface area (Å²) in [5.41, 5.74) is 2.40. The Kier molecular flexibility index (Phi) is 4.02. The zero-order chi connectivity index (χ0) is 19.1. The number of pyridine rings is 2. The summed E-state index contributed by atoms with van der Waals surface area (Å²) in [6.45, 7) is 4.19. The van der Waals surface area contributed by atoms with Crippen LogP contribution in [-0.4, -0.2) is 48.1 Å². The molecule has 0 aliphatic carbocycles. The maximum absolute atomic E-state index is 11.5. The molecule has 1 aliphatic rings. The summed E-state index contributed by atoms with van der Waals surface area (Å²) in [4.78, 5) is 24.0. The van der Waals surface area contributed by atoms with Gasteiger partial charge in [0.1, 0.15) is 17.2 Å². The van der Waals surface area contributed by atoms with Crippen molar-refractivity contribution in [2.24, 2.45) is 0 Å². The van der Waals surface area contributed by atoms with Crippen molar-refractivity contribution in [1.82, 2.24) is 14.9 Å². The summed E-state index contributed by atoms with van der Waals surface area (Å²) < 4.78 is 5.75. The normalized spacial score (nSPS) is 15.4. The van der Waals surface area contributed by atoms with E-state index in [-0.39, 0.29) is 5.43 Å². The number of benzene rings is 1. The molecular weight excluding hydrogens is 354 g/mol. The molecule has 142 valence electrons. The Morgan fingerprint density at radius 2 is 1.89 bits per heavy atom. The topological polar surface area (TPSA) is 77.4 Å². The largest absolute Gasteiger partial charge is 0.454 e. The third kappa shape index (κ3) is 3.10. The number of hydrogen-bond donors (Lipinski definition) is 2. The Labute approximate surface area is 161 Å². The van der Waals surface area contributed by atoms with Gasteiger partial charge in [0.15, 0.2) is 11.0 Å². The molecule has 0 atom stereocenters. The summed E-state index contributed by atoms with van der Waals surface area (Å²) in [5, 5.41) is 5.17. The van der Waals surface area contributed by atoms with E-state index in [0.717, 1.165) is 54.3 Å². The van der Waals surface area contributed by atoms with Crippen LogP contribution in [-0.2, 0) is 0 Å². The number of likely N-dealkylation sites (N-methyl/N-ethyl adjacent to an activating group) is 1. The fraction of sp³-hybridized carbons (Fsp3) is 0.238. The predicted molar refractivity (Wildman–Crippen MR) is 112 cm³/mol. The number of aromatic nitrogens is 2. The van der Waals surface area contributed by atoms with Gasteiger partial charge in [-0.3, -0.25) is 4.79 Å². The minimum atomic E-state index is -0.0569. The summed E-state index contributed by atoms with van der Waals surface area (Å²) in [6.07, 6.45) is 3.70. The highest BCUT2D eigenvalue weighted by Gasteiger charge is 2.14. The number of furan rings is 1. The number of hydrogen-bond acceptors (Lipinski definition) is 6. The first-order chi connectivity index (χ1) is 13.7. The van der Waals surface area contributed by atoms with Crippen LogP contribution in [0.25, 0.3) is 21.9 Å². The van der Waals surface area contributed by atoms with Crippen LogP contribution in [0.4, 0.5) is 17.3 Å². The van der Waals surface area contributed by atoms with Gasteiger partial charge < -0.3 is 24.5 Å². The second-order valence-corrected chi connectivity index (χ2v) is 7.20. The van der Waals surface area contributed by atoms with Crippen LogP contribution in [0.15, 0.2) is 58.0 Å². The predicted octanol–water partition coefficient (Wildman–Crippen LogP) is 3.16. The molecule has 28 heavy (non-hydrogen) atoms. The molecule has 0 unspecified atom stereocenters. The summed E-state index contributed by atoms with van der Waals surface area (Å²) in [7, 11) is 2.15. The van der Waals surface area contributed by atoms with Gasteiger partial charge in [0.2, 0.25) is 0 Å². The van der Waals surface area contributed by atoms with E-state index in [1.807, 2.05) is 18.3 Å². The number of fused-ring (bicyclic) bond motifs is 3. The van der Waals surface area contributed by atoms with Gasteiger partial charge in [-0.2, -0.15) is 0 Å². The molecule has 4 aromatic rings. The molecule has 1 aliphatic heterocycles. The molecule has 0 spiro atoms. The number of rotatable bonds is 3. The molecule has 7 heteroatoms. The highest BCUT2D eigenvalue weighted by molar-refractivity contribution is 6.05. The molecule has 3 aromatic heterocycles. The van der Waals surface area contributed by atoms with Gasteiger partial charge in [0.25, 0.3) is 0 Å². The lowest BCUT2D eigenvalue weighted by molar-refractivity contribution is 0.313. The van der Waals surface area contributed by atoms with Crippen LogP contribution >= 0.6 is 0 Å². The lowest BCUT2D eigenvalue weighted by Crippen LogP contribution is -2.44. The van der Waals surface area contributed by atoms with Crippen LogP contribution in [0.2, 0.25) is 0 Å². The Morgan fingerprint density at radius 3 is 2.68 bits per heavy atom. The van der Waals surface area contributed by atoms with Crippen molar-refractivity contribution in [2.45, 2.75) is 0 Å². The number of nitrogens with one attached hydrogen (secondary N) is 2. The quantitative estimate of drug-likeness (QED) is 0.573. The molecule has 7 nitrogen and oxygen atoms in total. The average Bonchev–Trinajstić information content (AvgIpc) is 3.06. The number of nitrogens with zero attached hydrogens (tertiary/aromatic N) is 3. The van der Waals surface area contributed by atoms with Crippen molar-refractivity contribution in [2.75, 3.05) is 43.4 Å². The molecule has 1 aromatic carbocycles. The fourth-order valence-electron chi connectivity index (χ4n) is 3.62. The lowest BCUT2D eigenvalue weighted by Gasteiger charge is -2.33. The Morgan fingerprint density at radius 1 is 1.04 bits per heavy atom. The number of anilines is 3. The monoisotopic (exact) mass is 375 g/mol. The molecule has 0 saturated carbocycles. The fourth-order valence-corrected chi connectivity index (χ4v) is 3.62. The minimum Gasteiger partial charge on any atom is -0.454 e. The lowest BCUT2D eigenvalue weighted by atomic mass is 10.2. The van der Waals surface area contributed by atoms with Gasteiger partial charge in [-0.1, -0.05) is 0 Å². The van der Waals surface area contributed by atoms with E-state index in [9.17, 15) is 4.79 Å². The van der Waals surface area contributed by atoms with Crippen molar-refractivity contribution >= 4 is 39.3 Å². The van der Waals surface area contributed by atoms with Gasteiger partial charge in [-0.25, -0.2) is 4.98 Å². The molecule has 4 heterocycles. The summed E-state index contributed by atoms with van der Waals surface area (Å²) in [5.74, 6) is 1.57. The first-order valence-electron chi connectivity index (χ1n) is 9.37. The number of aromatic amines is 1. The van der Waals surface area contributed by atoms with Gasteiger partial charge in [0, 0.05) is 49.2 Å². The SMILES string of the molecule is CN1CCN(c2ccc(Nc3cc4c(c[nH]3)oc3cc(=O)ccc34)nc2)CC1. The van der Waals surface area contributed by atoms with Crippen LogP contribution < -0.4 is 15.6 Å². The van der Waals surface area contributed by atoms with Crippen molar-refractivity contribution in [3.05, 3.63) is 59.0 Å². The number of piperazine rings is 1. The molecule has 1 saturated heterocycles. The standard InChI is InChI=1S/C21H21N5O2/c1-25-6-8-26(9-7-25)14-2-5-20(22-12-14)24-21-11-17-16-4-3-15(27)10-18(16)28-19(17)13-23-21/h2-5,10-13,23H,6-9H2,1H3,(H,22,24). The van der Waals surface area contributed by atoms with E-state index in [0.29, 0.717) is 11.2 Å². The molecular formula is C21H21N5O2. The number of H-pyrrole nitrogens is 1. The molecule has 0 amide bonds. The van der Waals surface area contributed by atoms with E-state index < -0.39 is 0 Å². The van der Waals surface area contributed by atoms with Crippen molar-refractivity contribution in [3.8, 4) is 0 Å². The first-order valence-corrected chi connectivity index (χ1v) is 9.37. The van der Waals surface area contributed by atoms with E-state index in [1.165, 1.54) is 6.07 Å². The molecule has 5 rings (SSSR count). The highest BCUT2D eigenvalue weighted by Crippen LogP contribution is 2.29. The Balaban J connectivity index is 1.39. The van der Waals surface area contributed by atoms with Crippen molar-refractivity contribution in [3.63, 3.8) is 0 Å². The van der Waals surface area contributed by atoms with Crippen LogP contribution in [0.1, 0.15) is 0 Å². The van der Waals surface area contributed by atoms with Gasteiger partial charge >= 0.3 is 0 Å². The second-order valence-electron chi connectivity index (χ2n) is 7.20. The first kappa shape index (κ1) is 16.8. The third-order valence-electron chi connectivity index (χ3n) is 5.26. The zero-order valence-electron chi connectivity index (χ0n) is 15.6. The summed E-state index contributed by atoms with van der Waals surface area (Å²) >= 11 is 0. The van der Waals surface area contributed by atoms with E-state index in [2.05, 4.69) is 38.2 Å². The molecule has 0 radical (unpaired) electrons. The smallest absolute Gasteiger partial charge is 0.182 e. The second kappa shape index (κ2) is 6.69. The average molecular weight is 375 g/mol. The van der Waals surface area contributed by atoms with E-state index >= 15 is 0 Å². The summed E-state index contributed by atoms with van der Waals surface area (Å²) in [6, 6.07) is 10.9. The zero-order valence-corrected chi connectivity index (χ0v) is 15.6. The van der Waals surface area contributed by atoms with E-state index in [1.54, 1.807) is 18.3 Å². The Hall–Kier alpha value is -3.32. The third-order valence-corrected chi connectivity index (χ3v) is 5.26. The van der Waals surface area contributed by atoms with Crippen molar-refractivity contribution in [1.29, 1.82) is 0 Å². The maximum atomic E-state index is 11.5. The minimum absolute atomic E-state index is 0.0569. The van der Waals surface area contributed by atoms with Gasteiger partial charge in [0.05, 0.1) is 11.9 Å². The van der Waals surface area contributed by atoms with Crippen LogP contribution in [0, 0.1) is 0 Å². The Bertz CT molecular complexity index is 1190. The van der Waals surface area contributed by atoms with Gasteiger partial charge in [-0.15, -0.1) is 0 Å². The van der Waals surface area contributed by atoms with Crippen molar-refractivity contribution < 1.29 is 4.42 Å². The van der Waals surface area contributed by atoms with E-state index in [4.69, 9.17) is 4.42 Å². The molecule has 2 N–H and O–H groups in total. The molecule has 1 fully saturated rings.